The lowest BCUT2D eigenvalue weighted by Gasteiger charge is -2.01. The molecule has 2 nitrogen and oxygen atoms in total. The van der Waals surface area contributed by atoms with Crippen molar-refractivity contribution in [3.63, 3.8) is 0 Å². The summed E-state index contributed by atoms with van der Waals surface area (Å²) in [6, 6.07) is 3.36. The highest BCUT2D eigenvalue weighted by Crippen LogP contribution is 2.32. The first kappa shape index (κ1) is 9.68. The number of alkyl halides is 1. The van der Waals surface area contributed by atoms with Crippen LogP contribution in [0.1, 0.15) is 15.9 Å². The van der Waals surface area contributed by atoms with Crippen LogP contribution in [0.5, 0.6) is 5.75 Å². The number of carbonyl (C=O) groups excluding carboxylic acids is 1. The summed E-state index contributed by atoms with van der Waals surface area (Å²) in [7, 11) is 0. The number of halogens is 1. The maximum Gasteiger partial charge on any atom is 0.151 e. The van der Waals surface area contributed by atoms with Gasteiger partial charge in [0.2, 0.25) is 0 Å². The molecule has 0 saturated heterocycles. The summed E-state index contributed by atoms with van der Waals surface area (Å²) in [6.07, 6.45) is 0.849. The standard InChI is InChI=1S/C10H7BrO2S/c11-3-6-1-8(13)2-9-10(6)7(4-12)5-14-9/h1-2,4-5,13H,3H2. The number of phenols is 1. The third-order valence-electron chi connectivity index (χ3n) is 2.04. The molecular weight excluding hydrogens is 264 g/mol. The van der Waals surface area contributed by atoms with Crippen molar-refractivity contribution in [2.24, 2.45) is 0 Å². The van der Waals surface area contributed by atoms with Gasteiger partial charge in [-0.25, -0.2) is 0 Å². The van der Waals surface area contributed by atoms with Crippen LogP contribution < -0.4 is 0 Å². The number of hydrogen-bond donors (Lipinski definition) is 1. The largest absolute Gasteiger partial charge is 0.508 e. The quantitative estimate of drug-likeness (QED) is 0.672. The van der Waals surface area contributed by atoms with Gasteiger partial charge in [0.25, 0.3) is 0 Å². The van der Waals surface area contributed by atoms with Crippen LogP contribution in [0.4, 0.5) is 0 Å². The molecule has 1 N–H and O–H groups in total. The Kier molecular flexibility index (Phi) is 2.56. The molecule has 0 bridgehead atoms. The van der Waals surface area contributed by atoms with Gasteiger partial charge < -0.3 is 5.11 Å². The second-order valence-corrected chi connectivity index (χ2v) is 4.39. The Hall–Kier alpha value is -0.870. The highest BCUT2D eigenvalue weighted by atomic mass is 79.9. The van der Waals surface area contributed by atoms with Crippen LogP contribution >= 0.6 is 27.3 Å². The van der Waals surface area contributed by atoms with E-state index in [4.69, 9.17) is 0 Å². The van der Waals surface area contributed by atoms with Gasteiger partial charge in [-0.1, -0.05) is 15.9 Å². The average Bonchev–Trinajstić information content (AvgIpc) is 2.59. The van der Waals surface area contributed by atoms with Gasteiger partial charge in [0, 0.05) is 26.4 Å². The van der Waals surface area contributed by atoms with Gasteiger partial charge in [0.1, 0.15) is 5.75 Å². The van der Waals surface area contributed by atoms with Crippen molar-refractivity contribution < 1.29 is 9.90 Å². The molecule has 72 valence electrons. The zero-order chi connectivity index (χ0) is 10.1. The van der Waals surface area contributed by atoms with Crippen molar-refractivity contribution in [1.82, 2.24) is 0 Å². The second-order valence-electron chi connectivity index (χ2n) is 2.92. The van der Waals surface area contributed by atoms with Gasteiger partial charge in [-0.15, -0.1) is 11.3 Å². The minimum atomic E-state index is 0.242. The SMILES string of the molecule is O=Cc1csc2cc(O)cc(CBr)c12. The zero-order valence-corrected chi connectivity index (χ0v) is 9.56. The molecule has 0 aliphatic rings. The number of hydrogen-bond acceptors (Lipinski definition) is 3. The molecule has 4 heteroatoms. The molecule has 0 saturated carbocycles. The van der Waals surface area contributed by atoms with Crippen molar-refractivity contribution >= 4 is 43.6 Å². The lowest BCUT2D eigenvalue weighted by atomic mass is 10.1. The number of aromatic hydroxyl groups is 1. The molecule has 1 heterocycles. The topological polar surface area (TPSA) is 37.3 Å². The van der Waals surface area contributed by atoms with Crippen molar-refractivity contribution in [3.05, 3.63) is 28.6 Å². The van der Waals surface area contributed by atoms with E-state index in [9.17, 15) is 9.90 Å². The summed E-state index contributed by atoms with van der Waals surface area (Å²) in [5.74, 6) is 0.242. The third-order valence-corrected chi connectivity index (χ3v) is 3.59. The summed E-state index contributed by atoms with van der Waals surface area (Å²) in [6.45, 7) is 0. The van der Waals surface area contributed by atoms with Gasteiger partial charge in [0.05, 0.1) is 0 Å². The van der Waals surface area contributed by atoms with E-state index in [2.05, 4.69) is 15.9 Å². The molecule has 1 aromatic carbocycles. The molecule has 2 rings (SSSR count). The number of benzene rings is 1. The predicted octanol–water partition coefficient (Wildman–Crippen LogP) is 3.31. The van der Waals surface area contributed by atoms with Crippen LogP contribution in [0.15, 0.2) is 17.5 Å². The Balaban J connectivity index is 2.85. The Morgan fingerprint density at radius 3 is 2.93 bits per heavy atom. The zero-order valence-electron chi connectivity index (χ0n) is 7.16. The minimum Gasteiger partial charge on any atom is -0.508 e. The first-order valence-electron chi connectivity index (χ1n) is 4.00. The molecule has 1 aromatic heterocycles. The van der Waals surface area contributed by atoms with E-state index >= 15 is 0 Å². The molecule has 0 radical (unpaired) electrons. The second kappa shape index (κ2) is 3.71. The summed E-state index contributed by atoms with van der Waals surface area (Å²) >= 11 is 4.81. The van der Waals surface area contributed by atoms with Gasteiger partial charge in [-0.2, -0.15) is 0 Å². The smallest absolute Gasteiger partial charge is 0.151 e. The van der Waals surface area contributed by atoms with E-state index in [0.29, 0.717) is 10.9 Å². The number of carbonyl (C=O) groups is 1. The first-order chi connectivity index (χ1) is 6.76. The number of thiophene rings is 1. The Morgan fingerprint density at radius 2 is 2.29 bits per heavy atom. The summed E-state index contributed by atoms with van der Waals surface area (Å²) in [5, 5.41) is 12.8. The number of rotatable bonds is 2. The van der Waals surface area contributed by atoms with Crippen LogP contribution in [0.25, 0.3) is 10.1 Å². The Labute approximate surface area is 93.3 Å². The Bertz CT molecular complexity index is 490. The van der Waals surface area contributed by atoms with Crippen LogP contribution in [0, 0.1) is 0 Å². The van der Waals surface area contributed by atoms with Gasteiger partial charge in [-0.3, -0.25) is 4.79 Å². The molecule has 0 amide bonds. The van der Waals surface area contributed by atoms with Crippen molar-refractivity contribution in [1.29, 1.82) is 0 Å². The monoisotopic (exact) mass is 270 g/mol. The summed E-state index contributed by atoms with van der Waals surface area (Å²) < 4.78 is 0.946. The molecule has 0 unspecified atom stereocenters. The molecule has 0 fully saturated rings. The van der Waals surface area contributed by atoms with Crippen LogP contribution in [0.3, 0.4) is 0 Å². The summed E-state index contributed by atoms with van der Waals surface area (Å²) in [5.41, 5.74) is 1.64. The fourth-order valence-corrected chi connectivity index (χ4v) is 2.88. The lowest BCUT2D eigenvalue weighted by molar-refractivity contribution is 0.112. The molecule has 0 spiro atoms. The van der Waals surface area contributed by atoms with Crippen LogP contribution in [0.2, 0.25) is 0 Å². The van der Waals surface area contributed by atoms with Crippen molar-refractivity contribution in [2.45, 2.75) is 5.33 Å². The molecular formula is C10H7BrO2S. The van der Waals surface area contributed by atoms with Crippen LogP contribution in [-0.4, -0.2) is 11.4 Å². The Morgan fingerprint density at radius 1 is 1.50 bits per heavy atom. The van der Waals surface area contributed by atoms with Crippen LogP contribution in [-0.2, 0) is 5.33 Å². The molecule has 0 atom stereocenters. The van der Waals surface area contributed by atoms with E-state index in [-0.39, 0.29) is 5.75 Å². The summed E-state index contributed by atoms with van der Waals surface area (Å²) in [4.78, 5) is 10.8. The van der Waals surface area contributed by atoms with E-state index in [0.717, 1.165) is 21.9 Å². The van der Waals surface area contributed by atoms with Gasteiger partial charge in [-0.05, 0) is 17.7 Å². The molecule has 0 aliphatic heterocycles. The average molecular weight is 271 g/mol. The molecule has 14 heavy (non-hydrogen) atoms. The van der Waals surface area contributed by atoms with Crippen molar-refractivity contribution in [2.75, 3.05) is 0 Å². The number of fused-ring (bicyclic) bond motifs is 1. The van der Waals surface area contributed by atoms with Crippen molar-refractivity contribution in [3.8, 4) is 5.75 Å². The van der Waals surface area contributed by atoms with Gasteiger partial charge in [0.15, 0.2) is 6.29 Å². The number of aldehydes is 1. The normalized spacial score (nSPS) is 10.6. The fraction of sp³-hybridized carbons (Fsp3) is 0.100. The number of phenolic OH excluding ortho intramolecular Hbond substituents is 1. The molecule has 0 aliphatic carbocycles. The van der Waals surface area contributed by atoms with Gasteiger partial charge >= 0.3 is 0 Å². The lowest BCUT2D eigenvalue weighted by Crippen LogP contribution is -1.83. The van der Waals surface area contributed by atoms with E-state index in [1.807, 2.05) is 5.38 Å². The highest BCUT2D eigenvalue weighted by molar-refractivity contribution is 9.08. The highest BCUT2D eigenvalue weighted by Gasteiger charge is 2.09. The predicted molar refractivity (Wildman–Crippen MR) is 61.5 cm³/mol. The maximum absolute atomic E-state index is 10.8. The molecule has 2 aromatic rings. The maximum atomic E-state index is 10.8. The van der Waals surface area contributed by atoms with E-state index in [1.165, 1.54) is 11.3 Å². The fourth-order valence-electron chi connectivity index (χ4n) is 1.46. The third kappa shape index (κ3) is 1.44. The minimum absolute atomic E-state index is 0.242. The van der Waals surface area contributed by atoms with E-state index < -0.39 is 0 Å². The van der Waals surface area contributed by atoms with E-state index in [1.54, 1.807) is 12.1 Å². The first-order valence-corrected chi connectivity index (χ1v) is 6.00.